The summed E-state index contributed by atoms with van der Waals surface area (Å²) < 4.78 is 23.6. The number of hydrogen-bond acceptors (Lipinski definition) is 5. The Kier molecular flexibility index (Phi) is 15.1. The zero-order chi connectivity index (χ0) is 48.9. The summed E-state index contributed by atoms with van der Waals surface area (Å²) in [6.07, 6.45) is 14.9. The molecule has 0 saturated heterocycles. The van der Waals surface area contributed by atoms with Gasteiger partial charge < -0.3 is 0 Å². The molecule has 0 atom stereocenters. The van der Waals surface area contributed by atoms with Gasteiger partial charge in [-0.2, -0.15) is 25.5 Å². The normalized spacial score (nSPS) is 16.6. The number of aromatic nitrogens is 10. The summed E-state index contributed by atoms with van der Waals surface area (Å²) >= 11 is 0. The lowest BCUT2D eigenvalue weighted by Crippen LogP contribution is -2.16. The highest BCUT2D eigenvalue weighted by Crippen LogP contribution is 2.52. The third-order valence-corrected chi connectivity index (χ3v) is 12.7. The summed E-state index contributed by atoms with van der Waals surface area (Å²) in [4.78, 5) is 0. The van der Waals surface area contributed by atoms with Gasteiger partial charge in [-0.15, -0.1) is 0 Å². The van der Waals surface area contributed by atoms with Gasteiger partial charge in [0.15, 0.2) is 5.67 Å². The van der Waals surface area contributed by atoms with Crippen LogP contribution in [0.2, 0.25) is 0 Å². The van der Waals surface area contributed by atoms with E-state index >= 15 is 0 Å². The average Bonchev–Trinajstić information content (AvgIpc) is 4.06. The number of alkyl halides is 1. The van der Waals surface area contributed by atoms with Crippen molar-refractivity contribution in [2.45, 2.75) is 221 Å². The second-order valence-electron chi connectivity index (χ2n) is 24.7. The molecule has 5 aromatic rings. The minimum absolute atomic E-state index is 0.0225. The van der Waals surface area contributed by atoms with E-state index in [-0.39, 0.29) is 27.1 Å². The van der Waals surface area contributed by atoms with E-state index < -0.39 is 5.67 Å². The van der Waals surface area contributed by atoms with E-state index in [4.69, 9.17) is 0 Å². The largest absolute Gasteiger partial charge is 0.275 e. The van der Waals surface area contributed by atoms with Crippen molar-refractivity contribution in [2.24, 2.45) is 28.2 Å². The van der Waals surface area contributed by atoms with Crippen LogP contribution in [0, 0.1) is 27.7 Å². The predicted octanol–water partition coefficient (Wildman–Crippen LogP) is 12.6. The Balaban J connectivity index is 0.000000176. The average molecular weight is 885 g/mol. The van der Waals surface area contributed by atoms with Crippen LogP contribution >= 0.6 is 0 Å². The third-order valence-electron chi connectivity index (χ3n) is 12.7. The lowest BCUT2D eigenvalue weighted by Gasteiger charge is -2.20. The molecule has 3 saturated carbocycles. The fourth-order valence-corrected chi connectivity index (χ4v) is 8.56. The molecule has 358 valence electrons. The van der Waals surface area contributed by atoms with E-state index in [1.807, 2.05) is 48.4 Å². The molecule has 5 heterocycles. The van der Waals surface area contributed by atoms with Crippen LogP contribution in [0.5, 0.6) is 0 Å². The highest BCUT2D eigenvalue weighted by Gasteiger charge is 2.50. The standard InChI is InChI=1S/C12H20N2.C11H17FN2.C11H18N2.C10H18N2.C9H16N2/c1-11(2,3)9-8-14(5)13-10(9)12(4)6-7-12;1-10(2,3)8-7-14(4)13-9(8)11(12)5-6-11;1-8-10(11(2,3)4)7-13(12-8)9-5-6-9;1-7-9(10(3,4)5)8(2)12(6)11-7;1-7-8(9(2,3)4)6-11(5)10-7/h8H,6-7H2,1-5H3;7H,5-6H2,1-4H3;7,9H,5-6H2,1-4H3;1-6H3;6H,1-5H3. The summed E-state index contributed by atoms with van der Waals surface area (Å²) in [6.45, 7) is 43.8. The van der Waals surface area contributed by atoms with Crippen molar-refractivity contribution in [1.82, 2.24) is 48.9 Å². The summed E-state index contributed by atoms with van der Waals surface area (Å²) in [5.74, 6) is 0. The van der Waals surface area contributed by atoms with Gasteiger partial charge in [0.2, 0.25) is 0 Å². The monoisotopic (exact) mass is 885 g/mol. The van der Waals surface area contributed by atoms with Crippen LogP contribution in [-0.2, 0) is 66.3 Å². The topological polar surface area (TPSA) is 89.1 Å². The van der Waals surface area contributed by atoms with E-state index in [2.05, 4.69) is 187 Å². The van der Waals surface area contributed by atoms with Gasteiger partial charge in [0.1, 0.15) is 5.69 Å². The van der Waals surface area contributed by atoms with Crippen molar-refractivity contribution in [3.63, 3.8) is 0 Å². The Morgan fingerprint density at radius 2 is 0.875 bits per heavy atom. The van der Waals surface area contributed by atoms with E-state index in [9.17, 15) is 4.39 Å². The molecule has 0 radical (unpaired) electrons. The minimum atomic E-state index is -1.12. The fourth-order valence-electron chi connectivity index (χ4n) is 8.56. The molecule has 3 fully saturated rings. The number of rotatable bonds is 3. The van der Waals surface area contributed by atoms with Crippen molar-refractivity contribution in [1.29, 1.82) is 0 Å². The molecule has 0 aromatic carbocycles. The van der Waals surface area contributed by atoms with Gasteiger partial charge in [-0.25, -0.2) is 4.39 Å². The van der Waals surface area contributed by atoms with Gasteiger partial charge in [0, 0.05) is 75.2 Å². The molecule has 5 aromatic heterocycles. The summed E-state index contributed by atoms with van der Waals surface area (Å²) in [7, 11) is 7.83. The summed E-state index contributed by atoms with van der Waals surface area (Å²) in [5, 5.41) is 22.1. The highest BCUT2D eigenvalue weighted by atomic mass is 19.1. The Hall–Kier alpha value is -4.02. The first-order chi connectivity index (χ1) is 28.9. The molecule has 3 aliphatic rings. The van der Waals surface area contributed by atoms with Gasteiger partial charge in [0.25, 0.3) is 0 Å². The van der Waals surface area contributed by atoms with Gasteiger partial charge >= 0.3 is 0 Å². The Morgan fingerprint density at radius 3 is 1.17 bits per heavy atom. The van der Waals surface area contributed by atoms with Crippen molar-refractivity contribution in [3.05, 3.63) is 86.8 Å². The van der Waals surface area contributed by atoms with E-state index in [0.29, 0.717) is 30.0 Å². The third kappa shape index (κ3) is 13.3. The molecule has 3 aliphatic carbocycles. The first kappa shape index (κ1) is 52.6. The van der Waals surface area contributed by atoms with Crippen molar-refractivity contribution in [2.75, 3.05) is 0 Å². The molecule has 11 heteroatoms. The van der Waals surface area contributed by atoms with Crippen LogP contribution in [0.4, 0.5) is 4.39 Å². The smallest absolute Gasteiger partial charge is 0.155 e. The van der Waals surface area contributed by atoms with Crippen LogP contribution in [0.25, 0.3) is 0 Å². The Bertz CT molecular complexity index is 2210. The molecule has 0 bridgehead atoms. The second-order valence-corrected chi connectivity index (χ2v) is 24.7. The number of aryl methyl sites for hydroxylation is 7. The SMILES string of the molecule is Cc1nn(C)c(C)c1C(C)(C)C.Cc1nn(C)cc1C(C)(C)C.Cc1nn(C2CC2)cc1C(C)(C)C.Cn1cc(C(C)(C)C)c(C2(C)CC2)n1.Cn1cc(C(C)(C)C)c(C2(F)CC2)n1. The maximum atomic E-state index is 14.0. The Labute approximate surface area is 388 Å². The van der Waals surface area contributed by atoms with Crippen LogP contribution in [-0.4, -0.2) is 48.9 Å². The van der Waals surface area contributed by atoms with Crippen molar-refractivity contribution < 1.29 is 4.39 Å². The predicted molar refractivity (Wildman–Crippen MR) is 264 cm³/mol. The quantitative estimate of drug-likeness (QED) is 0.180. The zero-order valence-electron chi connectivity index (χ0n) is 45.0. The van der Waals surface area contributed by atoms with Gasteiger partial charge in [-0.3, -0.25) is 23.4 Å². The summed E-state index contributed by atoms with van der Waals surface area (Å²) in [5.41, 5.74) is 13.4. The lowest BCUT2D eigenvalue weighted by molar-refractivity contribution is 0.302. The molecule has 0 spiro atoms. The maximum Gasteiger partial charge on any atom is 0.155 e. The van der Waals surface area contributed by atoms with E-state index in [1.165, 1.54) is 65.0 Å². The van der Waals surface area contributed by atoms with Crippen LogP contribution in [0.15, 0.2) is 24.8 Å². The van der Waals surface area contributed by atoms with Crippen molar-refractivity contribution in [3.8, 4) is 0 Å². The Morgan fingerprint density at radius 1 is 0.484 bits per heavy atom. The van der Waals surface area contributed by atoms with Crippen molar-refractivity contribution >= 4 is 0 Å². The molecule has 0 aliphatic heterocycles. The van der Waals surface area contributed by atoms with Crippen LogP contribution in [0.3, 0.4) is 0 Å². The molecular formula is C53H89FN10. The summed E-state index contributed by atoms with van der Waals surface area (Å²) in [6, 6.07) is 0.704. The lowest BCUT2D eigenvalue weighted by atomic mass is 9.84. The van der Waals surface area contributed by atoms with Crippen LogP contribution < -0.4 is 0 Å². The zero-order valence-corrected chi connectivity index (χ0v) is 45.0. The molecular weight excluding hydrogens is 796 g/mol. The highest BCUT2D eigenvalue weighted by molar-refractivity contribution is 5.36. The van der Waals surface area contributed by atoms with Gasteiger partial charge in [0.05, 0.1) is 28.8 Å². The molecule has 8 rings (SSSR count). The molecule has 0 amide bonds. The fraction of sp³-hybridized carbons (Fsp3) is 0.717. The molecule has 10 nitrogen and oxygen atoms in total. The molecule has 0 unspecified atom stereocenters. The van der Waals surface area contributed by atoms with E-state index in [0.717, 1.165) is 17.0 Å². The maximum absolute atomic E-state index is 14.0. The van der Waals surface area contributed by atoms with Gasteiger partial charge in [-0.1, -0.05) is 111 Å². The minimum Gasteiger partial charge on any atom is -0.275 e. The molecule has 0 N–H and O–H groups in total. The second kappa shape index (κ2) is 18.3. The van der Waals surface area contributed by atoms with Crippen LogP contribution in [0.1, 0.15) is 217 Å². The molecule has 64 heavy (non-hydrogen) atoms. The first-order valence-corrected chi connectivity index (χ1v) is 23.7. The number of nitrogens with zero attached hydrogens (tertiary/aromatic N) is 10. The first-order valence-electron chi connectivity index (χ1n) is 23.7. The van der Waals surface area contributed by atoms with Gasteiger partial charge in [-0.05, 0) is 110 Å². The number of halogens is 1. The van der Waals surface area contributed by atoms with E-state index in [1.54, 1.807) is 4.68 Å². The number of hydrogen-bond donors (Lipinski definition) is 0.